The minimum Gasteiger partial charge on any atom is -0.394 e. The van der Waals surface area contributed by atoms with E-state index < -0.39 is 12.1 Å². The molecule has 0 aliphatic carbocycles. The summed E-state index contributed by atoms with van der Waals surface area (Å²) in [5.41, 5.74) is 0. The van der Waals surface area contributed by atoms with Crippen molar-refractivity contribution in [2.75, 3.05) is 6.61 Å². The van der Waals surface area contributed by atoms with E-state index in [0.717, 1.165) is 89.9 Å². The van der Waals surface area contributed by atoms with Gasteiger partial charge in [0.1, 0.15) is 0 Å². The van der Waals surface area contributed by atoms with Gasteiger partial charge in [-0.1, -0.05) is 206 Å². The highest BCUT2D eigenvalue weighted by Gasteiger charge is 2.17. The Kier molecular flexibility index (Phi) is 45.5. The van der Waals surface area contributed by atoms with Crippen LogP contribution in [0.1, 0.15) is 194 Å². The molecule has 0 aromatic carbocycles. The lowest BCUT2D eigenvalue weighted by Crippen LogP contribution is -2.45. The van der Waals surface area contributed by atoms with Crippen LogP contribution < -0.4 is 5.32 Å². The molecule has 2 unspecified atom stereocenters. The van der Waals surface area contributed by atoms with E-state index in [1.807, 2.05) is 6.08 Å². The minimum atomic E-state index is -0.880. The molecule has 3 N–H and O–H groups in total. The van der Waals surface area contributed by atoms with Crippen LogP contribution in [0, 0.1) is 0 Å². The van der Waals surface area contributed by atoms with Crippen LogP contribution in [0.4, 0.5) is 0 Å². The van der Waals surface area contributed by atoms with Crippen molar-refractivity contribution in [3.05, 3.63) is 122 Å². The van der Waals surface area contributed by atoms with Crippen molar-refractivity contribution in [3.8, 4) is 0 Å². The number of allylic oxidation sites excluding steroid dienone is 19. The van der Waals surface area contributed by atoms with Gasteiger partial charge in [0.05, 0.1) is 18.8 Å². The first-order valence-corrected chi connectivity index (χ1v) is 23.7. The molecule has 0 saturated carbocycles. The number of aliphatic hydroxyl groups excluding tert-OH is 2. The van der Waals surface area contributed by atoms with Crippen LogP contribution in [-0.2, 0) is 4.79 Å². The van der Waals surface area contributed by atoms with Gasteiger partial charge in [0.2, 0.25) is 5.91 Å². The van der Waals surface area contributed by atoms with Gasteiger partial charge in [0.15, 0.2) is 0 Å². The van der Waals surface area contributed by atoms with E-state index in [2.05, 4.69) is 129 Å². The second-order valence-corrected chi connectivity index (χ2v) is 15.4. The molecular weight excluding hydrogens is 711 g/mol. The molecule has 1 amide bonds. The van der Waals surface area contributed by atoms with Crippen molar-refractivity contribution in [1.29, 1.82) is 0 Å². The highest BCUT2D eigenvalue weighted by Crippen LogP contribution is 2.12. The summed E-state index contributed by atoms with van der Waals surface area (Å²) in [6, 6.07) is -0.657. The molecule has 0 fully saturated rings. The minimum absolute atomic E-state index is 0.0913. The molecule has 0 rings (SSSR count). The summed E-state index contributed by atoms with van der Waals surface area (Å²) >= 11 is 0. The maximum atomic E-state index is 12.4. The van der Waals surface area contributed by atoms with Gasteiger partial charge in [-0.15, -0.1) is 0 Å². The molecular formula is C54H89NO3. The standard InChI is InChI=1S/C54H89NO3/c1-3-5-7-9-11-13-15-17-19-20-21-22-23-24-25-26-27-28-29-30-31-32-33-34-36-38-40-42-44-46-48-50-54(58)55-52(51-56)53(57)49-47-45-43-41-39-37-35-18-16-14-12-10-8-6-4-2/h5,7,11,13,16-19,21-22,24-25,27-28,30-31,39,41,47,49,52-53,56-57H,3-4,6,8-10,12,14-15,20,23,26,29,32-38,40,42-46,48,50-51H2,1-2H3,(H,55,58)/b7-5-,13-11-,18-16+,19-17-,22-21-,25-24-,28-27-,31-30-,41-39+,49-47+. The molecule has 0 aliphatic rings. The van der Waals surface area contributed by atoms with Crippen LogP contribution in [0.2, 0.25) is 0 Å². The van der Waals surface area contributed by atoms with E-state index in [1.165, 1.54) is 83.5 Å². The first-order chi connectivity index (χ1) is 28.7. The predicted molar refractivity (Wildman–Crippen MR) is 257 cm³/mol. The van der Waals surface area contributed by atoms with Gasteiger partial charge in [-0.25, -0.2) is 0 Å². The van der Waals surface area contributed by atoms with Crippen molar-refractivity contribution in [1.82, 2.24) is 5.32 Å². The summed E-state index contributed by atoms with van der Waals surface area (Å²) in [5, 5.41) is 23.0. The third kappa shape index (κ3) is 43.9. The SMILES string of the molecule is CC/C=C\C/C=C\C/C=C\C/C=C\C/C=C\C/C=C\C/C=C\CCCCCCCCCCCC(=O)NC(CO)C(O)/C=C/CC/C=C/CC/C=C/CCCCCCC. The van der Waals surface area contributed by atoms with E-state index in [9.17, 15) is 15.0 Å². The largest absolute Gasteiger partial charge is 0.394 e. The Hall–Kier alpha value is -3.21. The number of unbranched alkanes of at least 4 members (excludes halogenated alkanes) is 16. The van der Waals surface area contributed by atoms with E-state index in [0.29, 0.717) is 6.42 Å². The summed E-state index contributed by atoms with van der Waals surface area (Å²) in [6.07, 6.45) is 74.5. The van der Waals surface area contributed by atoms with Crippen molar-refractivity contribution < 1.29 is 15.0 Å². The van der Waals surface area contributed by atoms with Crippen molar-refractivity contribution in [2.45, 2.75) is 206 Å². The fourth-order valence-corrected chi connectivity index (χ4v) is 6.31. The van der Waals surface area contributed by atoms with Crippen LogP contribution in [0.5, 0.6) is 0 Å². The average Bonchev–Trinajstić information content (AvgIpc) is 3.23. The number of carbonyl (C=O) groups excluding carboxylic acids is 1. The van der Waals surface area contributed by atoms with Crippen molar-refractivity contribution >= 4 is 5.91 Å². The zero-order valence-corrected chi connectivity index (χ0v) is 37.5. The molecule has 0 aliphatic heterocycles. The Morgan fingerprint density at radius 1 is 0.431 bits per heavy atom. The molecule has 4 nitrogen and oxygen atoms in total. The Morgan fingerprint density at radius 2 is 0.776 bits per heavy atom. The topological polar surface area (TPSA) is 69.6 Å². The molecule has 0 aromatic heterocycles. The molecule has 0 radical (unpaired) electrons. The molecule has 4 heteroatoms. The highest BCUT2D eigenvalue weighted by molar-refractivity contribution is 5.76. The lowest BCUT2D eigenvalue weighted by Gasteiger charge is -2.19. The number of rotatable bonds is 41. The van der Waals surface area contributed by atoms with Crippen LogP contribution in [-0.4, -0.2) is 34.9 Å². The fourth-order valence-electron chi connectivity index (χ4n) is 6.31. The van der Waals surface area contributed by atoms with Gasteiger partial charge in [-0.2, -0.15) is 0 Å². The van der Waals surface area contributed by atoms with Crippen LogP contribution in [0.3, 0.4) is 0 Å². The lowest BCUT2D eigenvalue weighted by atomic mass is 10.1. The zero-order valence-electron chi connectivity index (χ0n) is 37.5. The van der Waals surface area contributed by atoms with E-state index in [4.69, 9.17) is 0 Å². The monoisotopic (exact) mass is 800 g/mol. The van der Waals surface area contributed by atoms with Crippen LogP contribution in [0.25, 0.3) is 0 Å². The Bertz CT molecular complexity index is 1180. The smallest absolute Gasteiger partial charge is 0.220 e. The molecule has 0 saturated heterocycles. The number of amides is 1. The first-order valence-electron chi connectivity index (χ1n) is 23.7. The predicted octanol–water partition coefficient (Wildman–Crippen LogP) is 15.3. The summed E-state index contributed by atoms with van der Waals surface area (Å²) in [7, 11) is 0. The summed E-state index contributed by atoms with van der Waals surface area (Å²) in [6.45, 7) is 4.14. The van der Waals surface area contributed by atoms with Gasteiger partial charge < -0.3 is 15.5 Å². The number of hydrogen-bond donors (Lipinski definition) is 3. The lowest BCUT2D eigenvalue weighted by molar-refractivity contribution is -0.123. The van der Waals surface area contributed by atoms with E-state index in [-0.39, 0.29) is 12.5 Å². The van der Waals surface area contributed by atoms with Gasteiger partial charge >= 0.3 is 0 Å². The highest BCUT2D eigenvalue weighted by atomic mass is 16.3. The van der Waals surface area contributed by atoms with E-state index in [1.54, 1.807) is 6.08 Å². The molecule has 0 heterocycles. The van der Waals surface area contributed by atoms with Gasteiger partial charge in [0, 0.05) is 6.42 Å². The van der Waals surface area contributed by atoms with Gasteiger partial charge in [0.25, 0.3) is 0 Å². The van der Waals surface area contributed by atoms with Gasteiger partial charge in [-0.3, -0.25) is 4.79 Å². The number of aliphatic hydroxyl groups is 2. The summed E-state index contributed by atoms with van der Waals surface area (Å²) in [5.74, 6) is -0.0913. The normalized spacial score (nSPS) is 14.1. The average molecular weight is 800 g/mol. The molecule has 0 bridgehead atoms. The molecule has 0 aromatic rings. The fraction of sp³-hybridized carbons (Fsp3) is 0.611. The molecule has 58 heavy (non-hydrogen) atoms. The second-order valence-electron chi connectivity index (χ2n) is 15.4. The summed E-state index contributed by atoms with van der Waals surface area (Å²) < 4.78 is 0. The maximum Gasteiger partial charge on any atom is 0.220 e. The number of carbonyl (C=O) groups is 1. The second kappa shape index (κ2) is 48.2. The molecule has 2 atom stereocenters. The summed E-state index contributed by atoms with van der Waals surface area (Å²) in [4.78, 5) is 12.4. The number of hydrogen-bond acceptors (Lipinski definition) is 3. The Labute approximate surface area is 358 Å². The third-order valence-electron chi connectivity index (χ3n) is 9.91. The maximum absolute atomic E-state index is 12.4. The number of nitrogens with one attached hydrogen (secondary N) is 1. The quantitative estimate of drug-likeness (QED) is 0.0426. The van der Waals surface area contributed by atoms with Crippen LogP contribution >= 0.6 is 0 Å². The van der Waals surface area contributed by atoms with Crippen molar-refractivity contribution in [3.63, 3.8) is 0 Å². The van der Waals surface area contributed by atoms with Gasteiger partial charge in [-0.05, 0) is 103 Å². The zero-order chi connectivity index (χ0) is 42.1. The van der Waals surface area contributed by atoms with Crippen molar-refractivity contribution in [2.24, 2.45) is 0 Å². The molecule has 0 spiro atoms. The Morgan fingerprint density at radius 3 is 1.21 bits per heavy atom. The Balaban J connectivity index is 3.67. The van der Waals surface area contributed by atoms with Crippen LogP contribution in [0.15, 0.2) is 122 Å². The first kappa shape index (κ1) is 54.8. The third-order valence-corrected chi connectivity index (χ3v) is 9.91. The van der Waals surface area contributed by atoms with E-state index >= 15 is 0 Å². The molecule has 328 valence electrons.